The molecular formula is C23H23N5O3. The van der Waals surface area contributed by atoms with E-state index >= 15 is 0 Å². The summed E-state index contributed by atoms with van der Waals surface area (Å²) in [6, 6.07) is 11.8. The zero-order chi connectivity index (χ0) is 21.7. The molecule has 8 heteroatoms. The van der Waals surface area contributed by atoms with Gasteiger partial charge in [-0.15, -0.1) is 0 Å². The second kappa shape index (κ2) is 7.40. The molecule has 0 aromatic heterocycles. The van der Waals surface area contributed by atoms with Gasteiger partial charge in [0.25, 0.3) is 5.56 Å². The highest BCUT2D eigenvalue weighted by molar-refractivity contribution is 5.81. The van der Waals surface area contributed by atoms with E-state index in [1.54, 1.807) is 0 Å². The summed E-state index contributed by atoms with van der Waals surface area (Å²) in [7, 11) is 0. The summed E-state index contributed by atoms with van der Waals surface area (Å²) in [5.74, 6) is 0.263. The number of nitrogens with zero attached hydrogens (tertiary/aromatic N) is 3. The fraction of sp³-hybridized carbons (Fsp3) is 0.304. The van der Waals surface area contributed by atoms with Crippen molar-refractivity contribution in [2.45, 2.75) is 39.0 Å². The van der Waals surface area contributed by atoms with Crippen LogP contribution in [0.15, 0.2) is 46.0 Å². The second-order valence-corrected chi connectivity index (χ2v) is 8.13. The monoisotopic (exact) mass is 417 g/mol. The molecule has 0 radical (unpaired) electrons. The van der Waals surface area contributed by atoms with Crippen LogP contribution in [0, 0.1) is 13.8 Å². The lowest BCUT2D eigenvalue weighted by molar-refractivity contribution is 0.141. The van der Waals surface area contributed by atoms with Crippen LogP contribution >= 0.6 is 0 Å². The van der Waals surface area contributed by atoms with Crippen LogP contribution in [0.2, 0.25) is 0 Å². The highest BCUT2D eigenvalue weighted by Gasteiger charge is 2.30. The first-order valence-electron chi connectivity index (χ1n) is 10.3. The van der Waals surface area contributed by atoms with E-state index in [4.69, 9.17) is 0 Å². The van der Waals surface area contributed by atoms with E-state index in [0.717, 1.165) is 27.8 Å². The van der Waals surface area contributed by atoms with Gasteiger partial charge >= 0.3 is 5.69 Å². The van der Waals surface area contributed by atoms with Crippen LogP contribution in [0.4, 0.5) is 0 Å². The van der Waals surface area contributed by atoms with Crippen LogP contribution in [0.1, 0.15) is 28.3 Å². The van der Waals surface area contributed by atoms with Gasteiger partial charge in [-0.2, -0.15) is 4.98 Å². The molecular weight excluding hydrogens is 394 g/mol. The summed E-state index contributed by atoms with van der Waals surface area (Å²) in [6.07, 6.45) is 0.129. The summed E-state index contributed by atoms with van der Waals surface area (Å²) in [5.41, 5.74) is 4.79. The van der Waals surface area contributed by atoms with Gasteiger partial charge < -0.3 is 15.0 Å². The van der Waals surface area contributed by atoms with E-state index < -0.39 is 17.4 Å². The molecule has 0 saturated carbocycles. The minimum Gasteiger partial charge on any atom is -0.391 e. The van der Waals surface area contributed by atoms with Gasteiger partial charge in [-0.3, -0.25) is 9.78 Å². The number of H-pyrrole nitrogens is 1. The Bertz CT molecular complexity index is 1390. The Kier molecular flexibility index (Phi) is 4.68. The summed E-state index contributed by atoms with van der Waals surface area (Å²) in [6.45, 7) is 4.98. The molecule has 0 fully saturated rings. The van der Waals surface area contributed by atoms with Gasteiger partial charge in [-0.25, -0.2) is 9.78 Å². The van der Waals surface area contributed by atoms with E-state index in [1.165, 1.54) is 0 Å². The molecule has 8 nitrogen and oxygen atoms in total. The Morgan fingerprint density at radius 1 is 1.16 bits per heavy atom. The fourth-order valence-corrected chi connectivity index (χ4v) is 4.43. The van der Waals surface area contributed by atoms with E-state index in [9.17, 15) is 14.7 Å². The van der Waals surface area contributed by atoms with Crippen molar-refractivity contribution in [3.63, 3.8) is 0 Å². The third-order valence-electron chi connectivity index (χ3n) is 6.13. The molecule has 0 bridgehead atoms. The summed E-state index contributed by atoms with van der Waals surface area (Å²) < 4.78 is 1.86. The molecule has 2 atom stereocenters. The van der Waals surface area contributed by atoms with Crippen molar-refractivity contribution in [1.29, 1.82) is 0 Å². The predicted octanol–water partition coefficient (Wildman–Crippen LogP) is 1.45. The first-order chi connectivity index (χ1) is 14.9. The summed E-state index contributed by atoms with van der Waals surface area (Å²) in [5, 5.41) is 13.9. The normalized spacial score (nSPS) is 18.0. The van der Waals surface area contributed by atoms with Crippen LogP contribution < -0.4 is 16.6 Å². The van der Waals surface area contributed by atoms with E-state index in [-0.39, 0.29) is 17.6 Å². The van der Waals surface area contributed by atoms with Crippen molar-refractivity contribution < 1.29 is 5.11 Å². The van der Waals surface area contributed by atoms with Crippen molar-refractivity contribution in [3.05, 3.63) is 79.5 Å². The molecule has 3 aliphatic rings. The number of aliphatic hydroxyl groups is 1. The van der Waals surface area contributed by atoms with Crippen molar-refractivity contribution >= 4 is 11.0 Å². The minimum atomic E-state index is -0.690. The average Bonchev–Trinajstić information content (AvgIpc) is 3.05. The van der Waals surface area contributed by atoms with Crippen molar-refractivity contribution in [3.8, 4) is 11.5 Å². The predicted molar refractivity (Wildman–Crippen MR) is 117 cm³/mol. The van der Waals surface area contributed by atoms with Gasteiger partial charge in [0.15, 0.2) is 11.5 Å². The van der Waals surface area contributed by atoms with Crippen molar-refractivity contribution in [1.82, 2.24) is 24.8 Å². The number of aryl methyl sites for hydroxylation is 2. The molecule has 2 aromatic rings. The zero-order valence-electron chi connectivity index (χ0n) is 17.3. The van der Waals surface area contributed by atoms with Gasteiger partial charge in [0.1, 0.15) is 0 Å². The molecule has 2 aliphatic heterocycles. The highest BCUT2D eigenvalue weighted by atomic mass is 16.3. The zero-order valence-corrected chi connectivity index (χ0v) is 17.3. The molecule has 31 heavy (non-hydrogen) atoms. The Balaban J connectivity index is 1.54. The Morgan fingerprint density at radius 3 is 2.77 bits per heavy atom. The lowest BCUT2D eigenvalue weighted by atomic mass is 10.1. The molecule has 0 unspecified atom stereocenters. The molecule has 0 spiro atoms. The lowest BCUT2D eigenvalue weighted by Gasteiger charge is -2.21. The number of benzene rings is 2. The standard InChI is InChI=1S/C23H23N5O3/c1-12-9-16-17(10-13(12)2)28(21-20(25-16)22(30)27-23(31)26-21)8-7-24-19-15-6-4-3-5-14(15)11-18(19)29/h3-6,9-10,18-19,24,29H,7-8,11H2,1-2H3,(H,27,30,31)/t18-,19-/m0/s1. The molecule has 1 aliphatic carbocycles. The lowest BCUT2D eigenvalue weighted by Crippen LogP contribution is -2.33. The van der Waals surface area contributed by atoms with Gasteiger partial charge in [-0.1, -0.05) is 24.3 Å². The second-order valence-electron chi connectivity index (χ2n) is 8.13. The van der Waals surface area contributed by atoms with Crippen LogP contribution in [-0.2, 0) is 13.0 Å². The average molecular weight is 417 g/mol. The largest absolute Gasteiger partial charge is 0.391 e. The van der Waals surface area contributed by atoms with Crippen LogP contribution in [-0.4, -0.2) is 37.3 Å². The molecule has 2 heterocycles. The van der Waals surface area contributed by atoms with E-state index in [2.05, 4.69) is 20.3 Å². The van der Waals surface area contributed by atoms with Crippen molar-refractivity contribution in [2.75, 3.05) is 6.54 Å². The summed E-state index contributed by atoms with van der Waals surface area (Å²) >= 11 is 0. The Morgan fingerprint density at radius 2 is 1.94 bits per heavy atom. The maximum atomic E-state index is 12.4. The van der Waals surface area contributed by atoms with Gasteiger partial charge in [-0.05, 0) is 48.2 Å². The van der Waals surface area contributed by atoms with Crippen LogP contribution in [0.3, 0.4) is 0 Å². The fourth-order valence-electron chi connectivity index (χ4n) is 4.43. The molecule has 0 saturated heterocycles. The maximum Gasteiger partial charge on any atom is 0.349 e. The number of hydrogen-bond acceptors (Lipinski definition) is 6. The third-order valence-corrected chi connectivity index (χ3v) is 6.13. The van der Waals surface area contributed by atoms with Gasteiger partial charge in [0.05, 0.1) is 23.2 Å². The van der Waals surface area contributed by atoms with E-state index in [0.29, 0.717) is 25.0 Å². The van der Waals surface area contributed by atoms with E-state index in [1.807, 2.05) is 54.8 Å². The number of rotatable bonds is 4. The van der Waals surface area contributed by atoms with Gasteiger partial charge in [0.2, 0.25) is 0 Å². The molecule has 5 rings (SSSR count). The SMILES string of the molecule is Cc1cc2nc3c(=O)[nH]c(=O)nc-3n(CCN[C@H]3c4ccccc4C[C@@H]3O)c2cc1C. The number of fused-ring (bicyclic) bond motifs is 3. The smallest absolute Gasteiger partial charge is 0.349 e. The topological polar surface area (TPSA) is 113 Å². The van der Waals surface area contributed by atoms with Crippen LogP contribution in [0.5, 0.6) is 0 Å². The maximum absolute atomic E-state index is 12.4. The number of nitrogens with one attached hydrogen (secondary N) is 2. The third kappa shape index (κ3) is 3.34. The highest BCUT2D eigenvalue weighted by Crippen LogP contribution is 2.31. The minimum absolute atomic E-state index is 0.140. The van der Waals surface area contributed by atoms with Crippen LogP contribution in [0.25, 0.3) is 22.6 Å². The number of aromatic nitrogens is 4. The first-order valence-corrected chi connectivity index (χ1v) is 10.3. The number of aliphatic hydroxyl groups excluding tert-OH is 1. The first kappa shape index (κ1) is 19.6. The number of hydrogen-bond donors (Lipinski definition) is 3. The Hall–Kier alpha value is -3.36. The number of aromatic amines is 1. The molecule has 3 N–H and O–H groups in total. The molecule has 158 valence electrons. The van der Waals surface area contributed by atoms with Crippen molar-refractivity contribution in [2.24, 2.45) is 0 Å². The molecule has 2 aromatic carbocycles. The Labute approximate surface area is 178 Å². The van der Waals surface area contributed by atoms with Gasteiger partial charge in [0, 0.05) is 19.5 Å². The molecule has 0 amide bonds. The quantitative estimate of drug-likeness (QED) is 0.433. The summed E-state index contributed by atoms with van der Waals surface area (Å²) in [4.78, 5) is 35.0.